The molecule has 0 radical (unpaired) electrons. The fraction of sp³-hybridized carbons (Fsp3) is 0.450. The van der Waals surface area contributed by atoms with Gasteiger partial charge in [-0.15, -0.1) is 0 Å². The molecule has 1 saturated heterocycles. The zero-order valence-electron chi connectivity index (χ0n) is 16.1. The van der Waals surface area contributed by atoms with Crippen LogP contribution in [-0.2, 0) is 11.2 Å². The topological polar surface area (TPSA) is 79.3 Å². The number of nitrogens with zero attached hydrogens (tertiary/aromatic N) is 5. The average Bonchev–Trinajstić information content (AvgIpc) is 2.68. The van der Waals surface area contributed by atoms with Crippen molar-refractivity contribution in [1.29, 1.82) is 0 Å². The average molecular weight is 367 g/mol. The molecule has 0 aromatic carbocycles. The molecule has 0 N–H and O–H groups in total. The highest BCUT2D eigenvalue weighted by molar-refractivity contribution is 5.94. The van der Waals surface area contributed by atoms with Gasteiger partial charge in [0.05, 0.1) is 23.7 Å². The number of pyridine rings is 1. The van der Waals surface area contributed by atoms with E-state index in [4.69, 9.17) is 0 Å². The van der Waals surface area contributed by atoms with Gasteiger partial charge < -0.3 is 9.80 Å². The molecular formula is C20H25N5O2. The Morgan fingerprint density at radius 3 is 2.70 bits per heavy atom. The van der Waals surface area contributed by atoms with Gasteiger partial charge in [-0.2, -0.15) is 0 Å². The first-order valence-electron chi connectivity index (χ1n) is 9.22. The number of piperidine rings is 1. The maximum Gasteiger partial charge on any atom is 0.256 e. The van der Waals surface area contributed by atoms with E-state index in [0.717, 1.165) is 25.0 Å². The predicted molar refractivity (Wildman–Crippen MR) is 101 cm³/mol. The maximum absolute atomic E-state index is 12.9. The summed E-state index contributed by atoms with van der Waals surface area (Å²) in [6.07, 6.45) is 6.38. The van der Waals surface area contributed by atoms with Crippen LogP contribution < -0.4 is 0 Å². The Morgan fingerprint density at radius 1 is 1.22 bits per heavy atom. The number of rotatable bonds is 4. The summed E-state index contributed by atoms with van der Waals surface area (Å²) in [7, 11) is 3.41. The summed E-state index contributed by atoms with van der Waals surface area (Å²) in [5.74, 6) is 0.524. The number of hydrogen-bond donors (Lipinski definition) is 0. The highest BCUT2D eigenvalue weighted by Gasteiger charge is 2.30. The van der Waals surface area contributed by atoms with Crippen LogP contribution in [-0.4, -0.2) is 57.2 Å². The minimum absolute atomic E-state index is 0.0353. The second kappa shape index (κ2) is 8.24. The Kier molecular flexibility index (Phi) is 5.78. The molecule has 2 aromatic rings. The first-order chi connectivity index (χ1) is 13.0. The van der Waals surface area contributed by atoms with Gasteiger partial charge in [-0.05, 0) is 38.3 Å². The van der Waals surface area contributed by atoms with E-state index in [0.29, 0.717) is 23.6 Å². The van der Waals surface area contributed by atoms with E-state index in [1.54, 1.807) is 26.5 Å². The van der Waals surface area contributed by atoms with Crippen molar-refractivity contribution in [3.63, 3.8) is 0 Å². The first kappa shape index (κ1) is 18.9. The van der Waals surface area contributed by atoms with Gasteiger partial charge >= 0.3 is 0 Å². The quantitative estimate of drug-likeness (QED) is 0.827. The van der Waals surface area contributed by atoms with Crippen molar-refractivity contribution in [1.82, 2.24) is 24.8 Å². The van der Waals surface area contributed by atoms with Crippen LogP contribution in [0.5, 0.6) is 0 Å². The molecular weight excluding hydrogens is 342 g/mol. The molecule has 1 aliphatic rings. The van der Waals surface area contributed by atoms with E-state index in [2.05, 4.69) is 15.0 Å². The maximum atomic E-state index is 12.9. The standard InChI is InChI=1S/C20H25N5O2/c1-14-16(20(27)24(2)3)13-22-19(23-14)17-9-5-7-11-25(17)18(26)12-15-8-4-6-10-21-15/h4,6,8,10,13,17H,5,7,9,11-12H2,1-3H3/t17-/m1/s1. The van der Waals surface area contributed by atoms with Gasteiger partial charge in [-0.25, -0.2) is 9.97 Å². The Morgan fingerprint density at radius 2 is 2.04 bits per heavy atom. The van der Waals surface area contributed by atoms with Crippen LogP contribution in [0.15, 0.2) is 30.6 Å². The monoisotopic (exact) mass is 367 g/mol. The van der Waals surface area contributed by atoms with Crippen LogP contribution in [0.3, 0.4) is 0 Å². The molecule has 2 amide bonds. The van der Waals surface area contributed by atoms with Crippen molar-refractivity contribution in [2.45, 2.75) is 38.6 Å². The molecule has 0 bridgehead atoms. The zero-order valence-corrected chi connectivity index (χ0v) is 16.1. The lowest BCUT2D eigenvalue weighted by Crippen LogP contribution is -2.40. The second-order valence-corrected chi connectivity index (χ2v) is 7.02. The normalized spacial score (nSPS) is 16.9. The van der Waals surface area contributed by atoms with Gasteiger partial charge in [0.15, 0.2) is 5.82 Å². The summed E-state index contributed by atoms with van der Waals surface area (Å²) in [6.45, 7) is 2.50. The molecule has 3 heterocycles. The van der Waals surface area contributed by atoms with Crippen molar-refractivity contribution < 1.29 is 9.59 Å². The molecule has 1 atom stereocenters. The van der Waals surface area contributed by atoms with Gasteiger partial charge in [0.2, 0.25) is 5.91 Å². The molecule has 0 unspecified atom stereocenters. The number of hydrogen-bond acceptors (Lipinski definition) is 5. The number of carbonyl (C=O) groups excluding carboxylic acids is 2. The minimum atomic E-state index is -0.155. The Balaban J connectivity index is 1.82. The molecule has 27 heavy (non-hydrogen) atoms. The van der Waals surface area contributed by atoms with Gasteiger partial charge in [0.25, 0.3) is 5.91 Å². The summed E-state index contributed by atoms with van der Waals surface area (Å²) < 4.78 is 0. The third kappa shape index (κ3) is 4.30. The summed E-state index contributed by atoms with van der Waals surface area (Å²) in [4.78, 5) is 41.7. The van der Waals surface area contributed by atoms with E-state index in [1.165, 1.54) is 4.90 Å². The largest absolute Gasteiger partial charge is 0.345 e. The van der Waals surface area contributed by atoms with Crippen molar-refractivity contribution in [3.05, 3.63) is 53.4 Å². The van der Waals surface area contributed by atoms with Crippen LogP contribution in [0, 0.1) is 6.92 Å². The number of likely N-dealkylation sites (tertiary alicyclic amines) is 1. The second-order valence-electron chi connectivity index (χ2n) is 7.02. The highest BCUT2D eigenvalue weighted by atomic mass is 16.2. The molecule has 7 nitrogen and oxygen atoms in total. The third-order valence-electron chi connectivity index (χ3n) is 4.81. The first-order valence-corrected chi connectivity index (χ1v) is 9.22. The van der Waals surface area contributed by atoms with Crippen LogP contribution in [0.1, 0.15) is 52.9 Å². The van der Waals surface area contributed by atoms with E-state index < -0.39 is 0 Å². The molecule has 0 saturated carbocycles. The van der Waals surface area contributed by atoms with Crippen LogP contribution in [0.25, 0.3) is 0 Å². The van der Waals surface area contributed by atoms with Crippen LogP contribution >= 0.6 is 0 Å². The molecule has 3 rings (SSSR count). The summed E-state index contributed by atoms with van der Waals surface area (Å²) in [5, 5.41) is 0. The van der Waals surface area contributed by atoms with Gasteiger partial charge in [0, 0.05) is 38.7 Å². The zero-order chi connectivity index (χ0) is 19.4. The van der Waals surface area contributed by atoms with Crippen LogP contribution in [0.4, 0.5) is 0 Å². The lowest BCUT2D eigenvalue weighted by molar-refractivity contribution is -0.134. The highest BCUT2D eigenvalue weighted by Crippen LogP contribution is 2.29. The Labute approximate surface area is 159 Å². The van der Waals surface area contributed by atoms with Crippen molar-refractivity contribution in [2.24, 2.45) is 0 Å². The lowest BCUT2D eigenvalue weighted by Gasteiger charge is -2.35. The number of amides is 2. The van der Waals surface area contributed by atoms with E-state index in [1.807, 2.05) is 30.0 Å². The molecule has 0 spiro atoms. The fourth-order valence-corrected chi connectivity index (χ4v) is 3.35. The molecule has 1 aliphatic heterocycles. The molecule has 0 aliphatic carbocycles. The van der Waals surface area contributed by atoms with Gasteiger partial charge in [-0.3, -0.25) is 14.6 Å². The predicted octanol–water partition coefficient (Wildman–Crippen LogP) is 2.18. The third-order valence-corrected chi connectivity index (χ3v) is 4.81. The SMILES string of the molecule is Cc1nc([C@H]2CCCCN2C(=O)Cc2ccccn2)ncc1C(=O)N(C)C. The van der Waals surface area contributed by atoms with Gasteiger partial charge in [-0.1, -0.05) is 6.07 Å². The summed E-state index contributed by atoms with van der Waals surface area (Å²) >= 11 is 0. The van der Waals surface area contributed by atoms with Crippen LogP contribution in [0.2, 0.25) is 0 Å². The molecule has 142 valence electrons. The fourth-order valence-electron chi connectivity index (χ4n) is 3.35. The number of carbonyl (C=O) groups is 2. The molecule has 7 heteroatoms. The van der Waals surface area contributed by atoms with Crippen molar-refractivity contribution in [2.75, 3.05) is 20.6 Å². The van der Waals surface area contributed by atoms with Crippen molar-refractivity contribution >= 4 is 11.8 Å². The lowest BCUT2D eigenvalue weighted by atomic mass is 10.00. The van der Waals surface area contributed by atoms with Gasteiger partial charge in [0.1, 0.15) is 0 Å². The number of aromatic nitrogens is 3. The summed E-state index contributed by atoms with van der Waals surface area (Å²) in [5.41, 5.74) is 1.89. The Hall–Kier alpha value is -2.83. The van der Waals surface area contributed by atoms with E-state index in [-0.39, 0.29) is 24.3 Å². The van der Waals surface area contributed by atoms with E-state index in [9.17, 15) is 9.59 Å². The Bertz CT molecular complexity index is 822. The number of aryl methyl sites for hydroxylation is 1. The van der Waals surface area contributed by atoms with E-state index >= 15 is 0 Å². The van der Waals surface area contributed by atoms with Crippen molar-refractivity contribution in [3.8, 4) is 0 Å². The summed E-state index contributed by atoms with van der Waals surface area (Å²) in [6, 6.07) is 5.43. The molecule has 1 fully saturated rings. The minimum Gasteiger partial charge on any atom is -0.345 e. The smallest absolute Gasteiger partial charge is 0.256 e. The molecule has 2 aromatic heterocycles.